The standard InChI is InChI=1S/C21H22ClN3O3/c1-28-20(14-21(26)24-27)18(13-15-7-9-16(22)10-8-15)19-11-12-25(23-19)17-5-3-2-4-6-17/h2-12,18,20,27H,13-14H2,1H3,(H,24,26)/t18-,20-/m1/s1. The van der Waals surface area contributed by atoms with Gasteiger partial charge in [-0.05, 0) is 42.3 Å². The van der Waals surface area contributed by atoms with E-state index in [-0.39, 0.29) is 12.3 Å². The molecule has 2 N–H and O–H groups in total. The first-order valence-corrected chi connectivity index (χ1v) is 9.29. The molecule has 0 bridgehead atoms. The SMILES string of the molecule is CO[C@H](CC(=O)NO)[C@H](Cc1ccc(Cl)cc1)c1ccn(-c2ccccc2)n1. The number of para-hydroxylation sites is 1. The number of ether oxygens (including phenoxy) is 1. The van der Waals surface area contributed by atoms with Crippen molar-refractivity contribution >= 4 is 17.5 Å². The second-order valence-corrected chi connectivity index (χ2v) is 6.91. The van der Waals surface area contributed by atoms with Gasteiger partial charge < -0.3 is 4.74 Å². The third kappa shape index (κ3) is 4.98. The van der Waals surface area contributed by atoms with E-state index in [1.54, 1.807) is 17.3 Å². The molecule has 0 spiro atoms. The van der Waals surface area contributed by atoms with Gasteiger partial charge in [-0.1, -0.05) is 41.9 Å². The maximum Gasteiger partial charge on any atom is 0.245 e. The van der Waals surface area contributed by atoms with Gasteiger partial charge in [-0.3, -0.25) is 10.0 Å². The Labute approximate surface area is 168 Å². The second kappa shape index (κ2) is 9.50. The predicted octanol–water partition coefficient (Wildman–Crippen LogP) is 3.76. The molecular weight excluding hydrogens is 378 g/mol. The molecule has 0 saturated carbocycles. The summed E-state index contributed by atoms with van der Waals surface area (Å²) in [5, 5.41) is 14.3. The van der Waals surface area contributed by atoms with Gasteiger partial charge in [0.1, 0.15) is 0 Å². The summed E-state index contributed by atoms with van der Waals surface area (Å²) in [5.74, 6) is -0.691. The minimum Gasteiger partial charge on any atom is -0.380 e. The Kier molecular flexibility index (Phi) is 6.81. The van der Waals surface area contributed by atoms with Gasteiger partial charge in [-0.15, -0.1) is 0 Å². The summed E-state index contributed by atoms with van der Waals surface area (Å²) in [6.07, 6.45) is 2.06. The third-order valence-corrected chi connectivity index (χ3v) is 4.89. The van der Waals surface area contributed by atoms with E-state index in [4.69, 9.17) is 26.6 Å². The lowest BCUT2D eigenvalue weighted by atomic mass is 9.89. The number of hydrogen-bond donors (Lipinski definition) is 2. The van der Waals surface area contributed by atoms with E-state index in [2.05, 4.69) is 0 Å². The quantitative estimate of drug-likeness (QED) is 0.446. The highest BCUT2D eigenvalue weighted by atomic mass is 35.5. The average Bonchev–Trinajstić information content (AvgIpc) is 3.22. The molecule has 1 amide bonds. The molecule has 3 aromatic rings. The minimum absolute atomic E-state index is 0.0173. The maximum absolute atomic E-state index is 11.8. The first-order chi connectivity index (χ1) is 13.6. The van der Waals surface area contributed by atoms with E-state index < -0.39 is 12.0 Å². The predicted molar refractivity (Wildman–Crippen MR) is 107 cm³/mol. The highest BCUT2D eigenvalue weighted by Crippen LogP contribution is 2.28. The zero-order chi connectivity index (χ0) is 19.9. The summed E-state index contributed by atoms with van der Waals surface area (Å²) in [6.45, 7) is 0. The molecule has 1 aromatic heterocycles. The van der Waals surface area contributed by atoms with Crippen molar-refractivity contribution in [1.29, 1.82) is 0 Å². The molecular formula is C21H22ClN3O3. The summed E-state index contributed by atoms with van der Waals surface area (Å²) < 4.78 is 7.40. The second-order valence-electron chi connectivity index (χ2n) is 6.47. The normalized spacial score (nSPS) is 13.1. The number of benzene rings is 2. The monoisotopic (exact) mass is 399 g/mol. The highest BCUT2D eigenvalue weighted by Gasteiger charge is 2.28. The third-order valence-electron chi connectivity index (χ3n) is 4.64. The van der Waals surface area contributed by atoms with E-state index in [0.717, 1.165) is 16.9 Å². The van der Waals surface area contributed by atoms with Crippen molar-refractivity contribution in [2.45, 2.75) is 24.9 Å². The summed E-state index contributed by atoms with van der Waals surface area (Å²) in [6, 6.07) is 19.3. The van der Waals surface area contributed by atoms with E-state index >= 15 is 0 Å². The van der Waals surface area contributed by atoms with Crippen LogP contribution in [0.2, 0.25) is 5.02 Å². The first-order valence-electron chi connectivity index (χ1n) is 8.92. The zero-order valence-electron chi connectivity index (χ0n) is 15.5. The Balaban J connectivity index is 1.91. The number of methoxy groups -OCH3 is 1. The Morgan fingerprint density at radius 1 is 1.18 bits per heavy atom. The van der Waals surface area contributed by atoms with Crippen LogP contribution in [0.5, 0.6) is 0 Å². The van der Waals surface area contributed by atoms with Crippen LogP contribution in [0.1, 0.15) is 23.6 Å². The van der Waals surface area contributed by atoms with Crippen molar-refractivity contribution in [2.24, 2.45) is 0 Å². The van der Waals surface area contributed by atoms with Gasteiger partial charge in [-0.25, -0.2) is 10.2 Å². The molecule has 6 nitrogen and oxygen atoms in total. The minimum atomic E-state index is -0.504. The van der Waals surface area contributed by atoms with Crippen molar-refractivity contribution in [3.05, 3.63) is 83.1 Å². The van der Waals surface area contributed by atoms with Gasteiger partial charge in [0, 0.05) is 24.2 Å². The summed E-state index contributed by atoms with van der Waals surface area (Å²) in [5.41, 5.74) is 4.48. The van der Waals surface area contributed by atoms with Crippen molar-refractivity contribution in [1.82, 2.24) is 15.3 Å². The molecule has 3 rings (SSSR count). The largest absolute Gasteiger partial charge is 0.380 e. The number of hydrogen-bond acceptors (Lipinski definition) is 4. The molecule has 0 aliphatic carbocycles. The van der Waals surface area contributed by atoms with Gasteiger partial charge in [0.2, 0.25) is 5.91 Å². The number of carbonyl (C=O) groups excluding carboxylic acids is 1. The number of hydroxylamine groups is 1. The van der Waals surface area contributed by atoms with Crippen molar-refractivity contribution in [3.63, 3.8) is 0 Å². The number of amides is 1. The van der Waals surface area contributed by atoms with Crippen LogP contribution >= 0.6 is 11.6 Å². The van der Waals surface area contributed by atoms with Crippen molar-refractivity contribution in [3.8, 4) is 5.69 Å². The van der Waals surface area contributed by atoms with Crippen LogP contribution in [0.25, 0.3) is 5.69 Å². The zero-order valence-corrected chi connectivity index (χ0v) is 16.2. The molecule has 0 saturated heterocycles. The van der Waals surface area contributed by atoms with Gasteiger partial charge in [0.25, 0.3) is 0 Å². The molecule has 2 aromatic carbocycles. The molecule has 7 heteroatoms. The van der Waals surface area contributed by atoms with Crippen LogP contribution in [-0.4, -0.2) is 34.1 Å². The molecule has 2 atom stereocenters. The fraction of sp³-hybridized carbons (Fsp3) is 0.238. The molecule has 0 radical (unpaired) electrons. The first kappa shape index (κ1) is 20.1. The molecule has 0 aliphatic rings. The molecule has 0 unspecified atom stereocenters. The van der Waals surface area contributed by atoms with Crippen LogP contribution in [0, 0.1) is 0 Å². The number of nitrogens with one attached hydrogen (secondary N) is 1. The van der Waals surface area contributed by atoms with Crippen LogP contribution in [0.3, 0.4) is 0 Å². The van der Waals surface area contributed by atoms with Crippen molar-refractivity contribution < 1.29 is 14.7 Å². The van der Waals surface area contributed by atoms with Crippen molar-refractivity contribution in [2.75, 3.05) is 7.11 Å². The van der Waals surface area contributed by atoms with Crippen LogP contribution < -0.4 is 5.48 Å². The van der Waals surface area contributed by atoms with Crippen LogP contribution in [0.4, 0.5) is 0 Å². The Morgan fingerprint density at radius 3 is 2.54 bits per heavy atom. The van der Waals surface area contributed by atoms with E-state index in [9.17, 15) is 4.79 Å². The van der Waals surface area contributed by atoms with Gasteiger partial charge in [-0.2, -0.15) is 5.10 Å². The topological polar surface area (TPSA) is 76.4 Å². The molecule has 146 valence electrons. The Morgan fingerprint density at radius 2 is 1.89 bits per heavy atom. The maximum atomic E-state index is 11.8. The summed E-state index contributed by atoms with van der Waals surface area (Å²) in [7, 11) is 1.55. The molecule has 1 heterocycles. The molecule has 0 fully saturated rings. The van der Waals surface area contributed by atoms with E-state index in [0.29, 0.717) is 11.4 Å². The average molecular weight is 400 g/mol. The Bertz CT molecular complexity index is 897. The van der Waals surface area contributed by atoms with E-state index in [1.807, 2.05) is 66.9 Å². The molecule has 0 aliphatic heterocycles. The van der Waals surface area contributed by atoms with Crippen LogP contribution in [0.15, 0.2) is 66.9 Å². The van der Waals surface area contributed by atoms with Crippen LogP contribution in [-0.2, 0) is 16.0 Å². The fourth-order valence-corrected chi connectivity index (χ4v) is 3.31. The molecule has 28 heavy (non-hydrogen) atoms. The summed E-state index contributed by atoms with van der Waals surface area (Å²) >= 11 is 5.99. The van der Waals surface area contributed by atoms with Gasteiger partial charge in [0.05, 0.1) is 23.9 Å². The highest BCUT2D eigenvalue weighted by molar-refractivity contribution is 6.30. The Hall–Kier alpha value is -2.67. The lowest BCUT2D eigenvalue weighted by molar-refractivity contribution is -0.132. The smallest absolute Gasteiger partial charge is 0.245 e. The van der Waals surface area contributed by atoms with E-state index in [1.165, 1.54) is 0 Å². The lowest BCUT2D eigenvalue weighted by Crippen LogP contribution is -2.31. The van der Waals surface area contributed by atoms with Gasteiger partial charge >= 0.3 is 0 Å². The van der Waals surface area contributed by atoms with Gasteiger partial charge in [0.15, 0.2) is 0 Å². The number of rotatable bonds is 8. The number of halogens is 1. The number of carbonyl (C=O) groups is 1. The number of nitrogens with zero attached hydrogens (tertiary/aromatic N) is 2. The fourth-order valence-electron chi connectivity index (χ4n) is 3.18. The number of aromatic nitrogens is 2. The summed E-state index contributed by atoms with van der Waals surface area (Å²) in [4.78, 5) is 11.8. The lowest BCUT2D eigenvalue weighted by Gasteiger charge is -2.24.